The van der Waals surface area contributed by atoms with Gasteiger partial charge in [-0.2, -0.15) is 0 Å². The van der Waals surface area contributed by atoms with Gasteiger partial charge in [-0.1, -0.05) is 51.1 Å². The molecule has 1 rings (SSSR count). The number of hydrogen-bond acceptors (Lipinski definition) is 3. The Labute approximate surface area is 113 Å². The van der Waals surface area contributed by atoms with E-state index in [9.17, 15) is 9.59 Å². The summed E-state index contributed by atoms with van der Waals surface area (Å²) in [7, 11) is 1.28. The molecule has 1 aromatic carbocycles. The average Bonchev–Trinajstić information content (AvgIpc) is 2.37. The average molecular weight is 261 g/mol. The Balaban J connectivity index is 3.00. The van der Waals surface area contributed by atoms with Gasteiger partial charge in [0, 0.05) is 5.41 Å². The largest absolute Gasteiger partial charge is 0.464 e. The van der Waals surface area contributed by atoms with Crippen molar-refractivity contribution in [3.63, 3.8) is 0 Å². The predicted octanol–water partition coefficient (Wildman–Crippen LogP) is 2.36. The lowest BCUT2D eigenvalue weighted by Crippen LogP contribution is -2.36. The van der Waals surface area contributed by atoms with Crippen LogP contribution in [-0.4, -0.2) is 19.0 Å². The number of amides is 1. The number of methoxy groups -OCH3 is 1. The van der Waals surface area contributed by atoms with Crippen LogP contribution in [-0.2, 0) is 14.3 Å². The number of esters is 1. The minimum absolute atomic E-state index is 0.133. The zero-order valence-corrected chi connectivity index (χ0v) is 11.7. The first-order valence-corrected chi connectivity index (χ1v) is 6.01. The molecule has 0 unspecified atom stereocenters. The molecule has 1 N–H and O–H groups in total. The van der Waals surface area contributed by atoms with Gasteiger partial charge < -0.3 is 10.1 Å². The zero-order valence-electron chi connectivity index (χ0n) is 11.7. The van der Waals surface area contributed by atoms with Crippen LogP contribution in [0.4, 0.5) is 0 Å². The van der Waals surface area contributed by atoms with E-state index in [1.807, 2.05) is 30.3 Å². The number of carbonyl (C=O) groups is 2. The SMILES string of the molecule is COC(=O)/C(=C\c1ccccc1)NC(=O)C(C)(C)C. The van der Waals surface area contributed by atoms with E-state index in [4.69, 9.17) is 0 Å². The summed E-state index contributed by atoms with van der Waals surface area (Å²) in [6.45, 7) is 5.33. The maximum atomic E-state index is 11.9. The third-order valence-electron chi connectivity index (χ3n) is 2.45. The minimum Gasteiger partial charge on any atom is -0.464 e. The fourth-order valence-corrected chi connectivity index (χ4v) is 1.28. The lowest BCUT2D eigenvalue weighted by Gasteiger charge is -2.18. The molecule has 0 heterocycles. The fourth-order valence-electron chi connectivity index (χ4n) is 1.28. The Kier molecular flexibility index (Phi) is 4.87. The van der Waals surface area contributed by atoms with E-state index in [0.717, 1.165) is 5.56 Å². The molecular formula is C15H19NO3. The van der Waals surface area contributed by atoms with Gasteiger partial charge in [0.1, 0.15) is 5.70 Å². The lowest BCUT2D eigenvalue weighted by molar-refractivity contribution is -0.138. The summed E-state index contributed by atoms with van der Waals surface area (Å²) in [6, 6.07) is 9.26. The molecule has 1 aromatic rings. The highest BCUT2D eigenvalue weighted by molar-refractivity contribution is 5.98. The Morgan fingerprint density at radius 2 is 1.74 bits per heavy atom. The van der Waals surface area contributed by atoms with Crippen LogP contribution in [0.5, 0.6) is 0 Å². The number of ether oxygens (including phenoxy) is 1. The Hall–Kier alpha value is -2.10. The fraction of sp³-hybridized carbons (Fsp3) is 0.333. The van der Waals surface area contributed by atoms with Crippen molar-refractivity contribution < 1.29 is 14.3 Å². The smallest absolute Gasteiger partial charge is 0.354 e. The summed E-state index contributed by atoms with van der Waals surface area (Å²) in [4.78, 5) is 23.6. The first-order valence-electron chi connectivity index (χ1n) is 6.01. The van der Waals surface area contributed by atoms with Crippen LogP contribution in [0.1, 0.15) is 26.3 Å². The standard InChI is InChI=1S/C15H19NO3/c1-15(2,3)14(18)16-12(13(17)19-4)10-11-8-6-5-7-9-11/h5-10H,1-4H3,(H,16,18)/b12-10+. The van der Waals surface area contributed by atoms with Gasteiger partial charge in [0.25, 0.3) is 0 Å². The van der Waals surface area contributed by atoms with Crippen LogP contribution in [0.15, 0.2) is 36.0 Å². The van der Waals surface area contributed by atoms with Gasteiger partial charge in [-0.3, -0.25) is 4.79 Å². The van der Waals surface area contributed by atoms with Gasteiger partial charge in [-0.15, -0.1) is 0 Å². The van der Waals surface area contributed by atoms with Crippen molar-refractivity contribution in [1.82, 2.24) is 5.32 Å². The van der Waals surface area contributed by atoms with E-state index in [2.05, 4.69) is 10.1 Å². The van der Waals surface area contributed by atoms with Crippen molar-refractivity contribution in [2.24, 2.45) is 5.41 Å². The van der Waals surface area contributed by atoms with Crippen LogP contribution in [0.25, 0.3) is 6.08 Å². The van der Waals surface area contributed by atoms with E-state index >= 15 is 0 Å². The second-order valence-corrected chi connectivity index (χ2v) is 5.16. The van der Waals surface area contributed by atoms with Crippen LogP contribution >= 0.6 is 0 Å². The number of benzene rings is 1. The van der Waals surface area contributed by atoms with Gasteiger partial charge in [0.2, 0.25) is 5.91 Å². The van der Waals surface area contributed by atoms with Gasteiger partial charge in [-0.25, -0.2) is 4.79 Å². The Bertz CT molecular complexity index is 484. The molecule has 0 atom stereocenters. The normalized spacial score (nSPS) is 11.9. The molecule has 0 aliphatic heterocycles. The number of hydrogen-bond donors (Lipinski definition) is 1. The summed E-state index contributed by atoms with van der Waals surface area (Å²) in [5.74, 6) is -0.804. The van der Waals surface area contributed by atoms with Gasteiger partial charge >= 0.3 is 5.97 Å². The highest BCUT2D eigenvalue weighted by Gasteiger charge is 2.24. The minimum atomic E-state index is -0.580. The summed E-state index contributed by atoms with van der Waals surface area (Å²) in [5, 5.41) is 2.60. The highest BCUT2D eigenvalue weighted by atomic mass is 16.5. The van der Waals surface area contributed by atoms with E-state index in [-0.39, 0.29) is 11.6 Å². The van der Waals surface area contributed by atoms with Crippen LogP contribution < -0.4 is 5.32 Å². The van der Waals surface area contributed by atoms with Crippen molar-refractivity contribution in [3.05, 3.63) is 41.6 Å². The third kappa shape index (κ3) is 4.58. The molecular weight excluding hydrogens is 242 g/mol. The van der Waals surface area contributed by atoms with E-state index in [0.29, 0.717) is 0 Å². The van der Waals surface area contributed by atoms with Gasteiger partial charge in [0.05, 0.1) is 7.11 Å². The van der Waals surface area contributed by atoms with Crippen molar-refractivity contribution >= 4 is 18.0 Å². The molecule has 0 bridgehead atoms. The second-order valence-electron chi connectivity index (χ2n) is 5.16. The quantitative estimate of drug-likeness (QED) is 0.671. The number of carbonyl (C=O) groups excluding carboxylic acids is 2. The summed E-state index contributed by atoms with van der Waals surface area (Å²) in [6.07, 6.45) is 1.59. The first kappa shape index (κ1) is 15.0. The topological polar surface area (TPSA) is 55.4 Å². The highest BCUT2D eigenvalue weighted by Crippen LogP contribution is 2.14. The van der Waals surface area contributed by atoms with E-state index in [1.165, 1.54) is 7.11 Å². The zero-order chi connectivity index (χ0) is 14.5. The number of rotatable bonds is 3. The van der Waals surface area contributed by atoms with Crippen LogP contribution in [0.2, 0.25) is 0 Å². The predicted molar refractivity (Wildman–Crippen MR) is 74.0 cm³/mol. The van der Waals surface area contributed by atoms with Crippen molar-refractivity contribution in [2.45, 2.75) is 20.8 Å². The van der Waals surface area contributed by atoms with E-state index in [1.54, 1.807) is 26.8 Å². The van der Waals surface area contributed by atoms with Crippen molar-refractivity contribution in [2.75, 3.05) is 7.11 Å². The van der Waals surface area contributed by atoms with Gasteiger partial charge in [-0.05, 0) is 11.6 Å². The third-order valence-corrected chi connectivity index (χ3v) is 2.45. The number of nitrogens with one attached hydrogen (secondary N) is 1. The molecule has 1 amide bonds. The first-order chi connectivity index (χ1) is 8.84. The molecule has 0 aliphatic carbocycles. The molecule has 0 saturated heterocycles. The van der Waals surface area contributed by atoms with Crippen molar-refractivity contribution in [3.8, 4) is 0 Å². The maximum absolute atomic E-state index is 11.9. The van der Waals surface area contributed by atoms with E-state index < -0.39 is 11.4 Å². The molecule has 19 heavy (non-hydrogen) atoms. The van der Waals surface area contributed by atoms with Crippen LogP contribution in [0.3, 0.4) is 0 Å². The molecule has 0 aromatic heterocycles. The molecule has 0 radical (unpaired) electrons. The summed E-state index contributed by atoms with van der Waals surface area (Å²) < 4.78 is 4.68. The molecule has 102 valence electrons. The Morgan fingerprint density at radius 1 is 1.16 bits per heavy atom. The second kappa shape index (κ2) is 6.18. The van der Waals surface area contributed by atoms with Gasteiger partial charge in [0.15, 0.2) is 0 Å². The maximum Gasteiger partial charge on any atom is 0.354 e. The summed E-state index contributed by atoms with van der Waals surface area (Å²) >= 11 is 0. The molecule has 0 saturated carbocycles. The summed E-state index contributed by atoms with van der Waals surface area (Å²) in [5.41, 5.74) is 0.370. The molecule has 0 aliphatic rings. The molecule has 0 spiro atoms. The monoisotopic (exact) mass is 261 g/mol. The van der Waals surface area contributed by atoms with Crippen molar-refractivity contribution in [1.29, 1.82) is 0 Å². The Morgan fingerprint density at radius 3 is 2.21 bits per heavy atom. The molecule has 0 fully saturated rings. The molecule has 4 nitrogen and oxygen atoms in total. The lowest BCUT2D eigenvalue weighted by atomic mass is 9.95. The molecule has 4 heteroatoms. The van der Waals surface area contributed by atoms with Crippen LogP contribution in [0, 0.1) is 5.41 Å².